The number of rotatable bonds is 7. The first-order valence-corrected chi connectivity index (χ1v) is 13.6. The van der Waals surface area contributed by atoms with E-state index in [1.165, 1.54) is 17.8 Å². The lowest BCUT2D eigenvalue weighted by Crippen LogP contribution is -2.48. The first-order valence-electron chi connectivity index (χ1n) is 12.4. The summed E-state index contributed by atoms with van der Waals surface area (Å²) in [6.45, 7) is 5.32. The van der Waals surface area contributed by atoms with E-state index in [4.69, 9.17) is 21.1 Å². The molecule has 0 radical (unpaired) electrons. The lowest BCUT2D eigenvalue weighted by atomic mass is 10.2. The van der Waals surface area contributed by atoms with Crippen molar-refractivity contribution >= 4 is 46.2 Å². The Morgan fingerprint density at radius 3 is 2.47 bits per heavy atom. The van der Waals surface area contributed by atoms with E-state index in [9.17, 15) is 9.18 Å². The number of halogens is 2. The maximum Gasteiger partial charge on any atom is 0.286 e. The number of amides is 1. The van der Waals surface area contributed by atoms with Crippen molar-refractivity contribution in [3.05, 3.63) is 93.6 Å². The molecule has 9 heteroatoms. The van der Waals surface area contributed by atoms with Gasteiger partial charge in [0.05, 0.1) is 17.2 Å². The minimum absolute atomic E-state index is 0.222. The van der Waals surface area contributed by atoms with Crippen molar-refractivity contribution < 1.29 is 18.7 Å². The van der Waals surface area contributed by atoms with E-state index >= 15 is 0 Å². The number of benzene rings is 3. The van der Waals surface area contributed by atoms with Crippen LogP contribution in [0.25, 0.3) is 6.08 Å². The Bertz CT molecular complexity index is 1390. The third kappa shape index (κ3) is 5.97. The van der Waals surface area contributed by atoms with Gasteiger partial charge in [-0.3, -0.25) is 4.79 Å². The van der Waals surface area contributed by atoms with Crippen LogP contribution < -0.4 is 14.4 Å². The second kappa shape index (κ2) is 11.9. The molecular weight excluding hydrogens is 525 g/mol. The molecule has 38 heavy (non-hydrogen) atoms. The number of carbonyl (C=O) groups excluding carboxylic acids is 1. The smallest absolute Gasteiger partial charge is 0.286 e. The molecule has 0 saturated carbocycles. The van der Waals surface area contributed by atoms with Gasteiger partial charge < -0.3 is 19.3 Å². The van der Waals surface area contributed by atoms with Crippen LogP contribution in [0.3, 0.4) is 0 Å². The number of amidine groups is 1. The molecule has 0 aromatic heterocycles. The van der Waals surface area contributed by atoms with Gasteiger partial charge >= 0.3 is 0 Å². The van der Waals surface area contributed by atoms with Crippen molar-refractivity contribution in [3.8, 4) is 11.5 Å². The van der Waals surface area contributed by atoms with Crippen LogP contribution in [-0.2, 0) is 11.4 Å². The molecule has 1 fully saturated rings. The normalized spacial score (nSPS) is 16.7. The SMILES string of the molecule is CCOc1cc(/C=C2\SC(N3CCN(c4ccccc4F)CC3)=NC2=O)ccc1OCc1ccccc1Cl. The highest BCUT2D eigenvalue weighted by molar-refractivity contribution is 8.18. The van der Waals surface area contributed by atoms with Crippen LogP contribution in [0.15, 0.2) is 76.6 Å². The number of thioether (sulfide) groups is 1. The van der Waals surface area contributed by atoms with Gasteiger partial charge in [-0.15, -0.1) is 0 Å². The number of piperazine rings is 1. The van der Waals surface area contributed by atoms with E-state index in [2.05, 4.69) is 9.89 Å². The lowest BCUT2D eigenvalue weighted by molar-refractivity contribution is -0.113. The zero-order chi connectivity index (χ0) is 26.5. The van der Waals surface area contributed by atoms with E-state index in [0.717, 1.165) is 11.1 Å². The van der Waals surface area contributed by atoms with Crippen molar-refractivity contribution in [1.29, 1.82) is 0 Å². The summed E-state index contributed by atoms with van der Waals surface area (Å²) in [5, 5.41) is 1.33. The van der Waals surface area contributed by atoms with Crippen LogP contribution in [0, 0.1) is 5.82 Å². The summed E-state index contributed by atoms with van der Waals surface area (Å²) in [5.41, 5.74) is 2.31. The molecule has 1 saturated heterocycles. The molecular formula is C29H27ClFN3O3S. The van der Waals surface area contributed by atoms with E-state index in [0.29, 0.717) is 71.7 Å². The molecule has 0 N–H and O–H groups in total. The predicted molar refractivity (Wildman–Crippen MR) is 152 cm³/mol. The topological polar surface area (TPSA) is 54.4 Å². The molecule has 2 aliphatic rings. The van der Waals surface area contributed by atoms with Crippen molar-refractivity contribution in [2.75, 3.05) is 37.7 Å². The Labute approximate surface area is 230 Å². The summed E-state index contributed by atoms with van der Waals surface area (Å²) in [6.07, 6.45) is 1.82. The van der Waals surface area contributed by atoms with Gasteiger partial charge in [-0.25, -0.2) is 4.39 Å². The summed E-state index contributed by atoms with van der Waals surface area (Å²) < 4.78 is 26.0. The summed E-state index contributed by atoms with van der Waals surface area (Å²) in [7, 11) is 0. The van der Waals surface area contributed by atoms with Gasteiger partial charge in [-0.1, -0.05) is 48.0 Å². The number of hydrogen-bond acceptors (Lipinski definition) is 6. The highest BCUT2D eigenvalue weighted by Gasteiger charge is 2.29. The minimum atomic E-state index is -0.265. The first kappa shape index (κ1) is 26.1. The third-order valence-corrected chi connectivity index (χ3v) is 7.67. The van der Waals surface area contributed by atoms with Crippen LogP contribution in [-0.4, -0.2) is 48.8 Å². The first-order chi connectivity index (χ1) is 18.5. The van der Waals surface area contributed by atoms with Gasteiger partial charge in [0, 0.05) is 36.8 Å². The van der Waals surface area contributed by atoms with Crippen molar-refractivity contribution in [2.24, 2.45) is 4.99 Å². The molecule has 0 bridgehead atoms. The van der Waals surface area contributed by atoms with Crippen LogP contribution in [0.1, 0.15) is 18.1 Å². The number of ether oxygens (including phenoxy) is 2. The minimum Gasteiger partial charge on any atom is -0.490 e. The Hall–Kier alpha value is -3.49. The van der Waals surface area contributed by atoms with Gasteiger partial charge in [0.25, 0.3) is 5.91 Å². The molecule has 5 rings (SSSR count). The molecule has 196 valence electrons. The van der Waals surface area contributed by atoms with E-state index in [1.807, 2.05) is 66.4 Å². The monoisotopic (exact) mass is 551 g/mol. The largest absolute Gasteiger partial charge is 0.490 e. The standard InChI is InChI=1S/C29H27ClFN3O3S/c1-2-36-26-17-20(11-12-25(26)37-19-21-7-3-4-8-22(21)30)18-27-28(35)32-29(38-27)34-15-13-33(14-16-34)24-10-6-5-9-23(24)31/h3-12,17-18H,2,13-16,19H2,1H3/b27-18-. The average Bonchev–Trinajstić information content (AvgIpc) is 3.29. The van der Waals surface area contributed by atoms with Crippen molar-refractivity contribution in [1.82, 2.24) is 4.90 Å². The third-order valence-electron chi connectivity index (χ3n) is 6.26. The Morgan fingerprint density at radius 1 is 0.974 bits per heavy atom. The van der Waals surface area contributed by atoms with E-state index < -0.39 is 0 Å². The highest BCUT2D eigenvalue weighted by atomic mass is 35.5. The van der Waals surface area contributed by atoms with Crippen molar-refractivity contribution in [3.63, 3.8) is 0 Å². The highest BCUT2D eigenvalue weighted by Crippen LogP contribution is 2.34. The molecule has 3 aromatic rings. The van der Waals surface area contributed by atoms with Crippen LogP contribution >= 0.6 is 23.4 Å². The molecule has 0 aliphatic carbocycles. The molecule has 1 amide bonds. The second-order valence-corrected chi connectivity index (χ2v) is 10.2. The summed E-state index contributed by atoms with van der Waals surface area (Å²) in [4.78, 5) is 21.6. The summed E-state index contributed by atoms with van der Waals surface area (Å²) in [6, 6.07) is 19.9. The quantitative estimate of drug-likeness (QED) is 0.324. The zero-order valence-corrected chi connectivity index (χ0v) is 22.5. The van der Waals surface area contributed by atoms with Gasteiger partial charge in [0.1, 0.15) is 12.4 Å². The number of hydrogen-bond donors (Lipinski definition) is 0. The number of carbonyl (C=O) groups is 1. The molecule has 6 nitrogen and oxygen atoms in total. The predicted octanol–water partition coefficient (Wildman–Crippen LogP) is 6.25. The molecule has 0 atom stereocenters. The number of nitrogens with zero attached hydrogens (tertiary/aromatic N) is 3. The summed E-state index contributed by atoms with van der Waals surface area (Å²) >= 11 is 7.61. The fourth-order valence-electron chi connectivity index (χ4n) is 4.30. The molecule has 3 aromatic carbocycles. The molecule has 0 spiro atoms. The fourth-order valence-corrected chi connectivity index (χ4v) is 5.46. The Morgan fingerprint density at radius 2 is 1.71 bits per heavy atom. The maximum absolute atomic E-state index is 14.2. The van der Waals surface area contributed by atoms with Gasteiger partial charge in [0.15, 0.2) is 16.7 Å². The zero-order valence-electron chi connectivity index (χ0n) is 20.9. The number of para-hydroxylation sites is 1. The fraction of sp³-hybridized carbons (Fsp3) is 0.241. The van der Waals surface area contributed by atoms with Crippen LogP contribution in [0.2, 0.25) is 5.02 Å². The van der Waals surface area contributed by atoms with Crippen LogP contribution in [0.4, 0.5) is 10.1 Å². The molecule has 2 aliphatic heterocycles. The van der Waals surface area contributed by atoms with E-state index in [1.54, 1.807) is 12.1 Å². The second-order valence-electron chi connectivity index (χ2n) is 8.75. The summed E-state index contributed by atoms with van der Waals surface area (Å²) in [5.74, 6) is 0.706. The number of anilines is 1. The van der Waals surface area contributed by atoms with Gasteiger partial charge in [0.2, 0.25) is 0 Å². The van der Waals surface area contributed by atoms with Crippen LogP contribution in [0.5, 0.6) is 11.5 Å². The number of aliphatic imine (C=N–C) groups is 1. The maximum atomic E-state index is 14.2. The van der Waals surface area contributed by atoms with Crippen molar-refractivity contribution in [2.45, 2.75) is 13.5 Å². The lowest BCUT2D eigenvalue weighted by Gasteiger charge is -2.36. The van der Waals surface area contributed by atoms with Gasteiger partial charge in [-0.2, -0.15) is 4.99 Å². The molecule has 0 unspecified atom stereocenters. The Balaban J connectivity index is 1.24. The Kier molecular flexibility index (Phi) is 8.20. The van der Waals surface area contributed by atoms with Gasteiger partial charge in [-0.05, 0) is 60.7 Å². The average molecular weight is 552 g/mol. The molecule has 2 heterocycles. The van der Waals surface area contributed by atoms with E-state index in [-0.39, 0.29) is 11.7 Å².